The Morgan fingerprint density at radius 1 is 0.933 bits per heavy atom. The largest absolute Gasteiger partial charge is 0.315 e. The summed E-state index contributed by atoms with van der Waals surface area (Å²) < 4.78 is 0. The van der Waals surface area contributed by atoms with E-state index in [2.05, 4.69) is 44.8 Å². The molecule has 2 nitrogen and oxygen atoms in total. The molecule has 0 heterocycles. The van der Waals surface area contributed by atoms with Gasteiger partial charge in [-0.3, -0.25) is 4.90 Å². The van der Waals surface area contributed by atoms with Crippen molar-refractivity contribution < 1.29 is 0 Å². The van der Waals surface area contributed by atoms with Gasteiger partial charge in [-0.15, -0.1) is 0 Å². The third-order valence-corrected chi connectivity index (χ3v) is 2.64. The summed E-state index contributed by atoms with van der Waals surface area (Å²) in [6.07, 6.45) is 2.52. The highest BCUT2D eigenvalue weighted by atomic mass is 15.2. The Hall–Kier alpha value is -0.0800. The maximum absolute atomic E-state index is 3.54. The quantitative estimate of drug-likeness (QED) is 0.635. The summed E-state index contributed by atoms with van der Waals surface area (Å²) in [5.41, 5.74) is 0. The van der Waals surface area contributed by atoms with Gasteiger partial charge in [0.1, 0.15) is 0 Å². The molecule has 15 heavy (non-hydrogen) atoms. The monoisotopic (exact) mass is 214 g/mol. The first-order valence-corrected chi connectivity index (χ1v) is 6.56. The van der Waals surface area contributed by atoms with Crippen LogP contribution in [0.3, 0.4) is 0 Å². The highest BCUT2D eigenvalue weighted by Crippen LogP contribution is 2.01. The van der Waals surface area contributed by atoms with Crippen LogP contribution >= 0.6 is 0 Å². The Bertz CT molecular complexity index is 128. The third kappa shape index (κ3) is 7.80. The fourth-order valence-electron chi connectivity index (χ4n) is 1.84. The van der Waals surface area contributed by atoms with E-state index >= 15 is 0 Å². The molecule has 0 radical (unpaired) electrons. The van der Waals surface area contributed by atoms with E-state index in [-0.39, 0.29) is 0 Å². The summed E-state index contributed by atoms with van der Waals surface area (Å²) in [5, 5.41) is 3.54. The van der Waals surface area contributed by atoms with Crippen molar-refractivity contribution in [2.24, 2.45) is 5.92 Å². The Kier molecular flexibility index (Phi) is 9.12. The van der Waals surface area contributed by atoms with Crippen LogP contribution < -0.4 is 5.32 Å². The minimum absolute atomic E-state index is 0.670. The number of nitrogens with zero attached hydrogens (tertiary/aromatic N) is 1. The molecule has 0 spiro atoms. The van der Waals surface area contributed by atoms with Gasteiger partial charge in [-0.2, -0.15) is 0 Å². The van der Waals surface area contributed by atoms with Crippen molar-refractivity contribution in [2.45, 2.75) is 53.5 Å². The van der Waals surface area contributed by atoms with E-state index in [0.29, 0.717) is 6.04 Å². The lowest BCUT2D eigenvalue weighted by Crippen LogP contribution is -2.42. The molecular formula is C13H30N2. The lowest BCUT2D eigenvalue weighted by atomic mass is 10.2. The number of hydrogen-bond donors (Lipinski definition) is 1. The maximum Gasteiger partial charge on any atom is 0.0192 e. The smallest absolute Gasteiger partial charge is 0.0192 e. The molecule has 1 atom stereocenters. The normalized spacial score (nSPS) is 13.8. The fraction of sp³-hybridized carbons (Fsp3) is 1.00. The molecule has 1 unspecified atom stereocenters. The summed E-state index contributed by atoms with van der Waals surface area (Å²) in [6, 6.07) is 0.670. The molecular weight excluding hydrogens is 184 g/mol. The Morgan fingerprint density at radius 3 is 1.87 bits per heavy atom. The fourth-order valence-corrected chi connectivity index (χ4v) is 1.84. The van der Waals surface area contributed by atoms with Crippen molar-refractivity contribution in [1.82, 2.24) is 10.2 Å². The minimum atomic E-state index is 0.670. The molecule has 0 aromatic rings. The highest BCUT2D eigenvalue weighted by molar-refractivity contribution is 4.69. The van der Waals surface area contributed by atoms with Crippen LogP contribution in [-0.2, 0) is 0 Å². The van der Waals surface area contributed by atoms with Crippen molar-refractivity contribution in [3.05, 3.63) is 0 Å². The third-order valence-electron chi connectivity index (χ3n) is 2.64. The molecule has 0 aliphatic heterocycles. The number of nitrogens with one attached hydrogen (secondary N) is 1. The van der Waals surface area contributed by atoms with Gasteiger partial charge in [0.15, 0.2) is 0 Å². The van der Waals surface area contributed by atoms with Gasteiger partial charge in [0.05, 0.1) is 0 Å². The summed E-state index contributed by atoms with van der Waals surface area (Å²) in [4.78, 5) is 2.59. The predicted octanol–water partition coefficient (Wildman–Crippen LogP) is 2.74. The van der Waals surface area contributed by atoms with Crippen LogP contribution in [0.15, 0.2) is 0 Å². The van der Waals surface area contributed by atoms with Gasteiger partial charge >= 0.3 is 0 Å². The zero-order valence-corrected chi connectivity index (χ0v) is 11.3. The van der Waals surface area contributed by atoms with E-state index in [0.717, 1.165) is 19.0 Å². The maximum atomic E-state index is 3.54. The zero-order chi connectivity index (χ0) is 11.7. The van der Waals surface area contributed by atoms with E-state index < -0.39 is 0 Å². The summed E-state index contributed by atoms with van der Waals surface area (Å²) in [6.45, 7) is 16.1. The van der Waals surface area contributed by atoms with Crippen LogP contribution in [0.5, 0.6) is 0 Å². The first-order chi connectivity index (χ1) is 7.11. The van der Waals surface area contributed by atoms with Crippen molar-refractivity contribution in [1.29, 1.82) is 0 Å². The van der Waals surface area contributed by atoms with E-state index in [9.17, 15) is 0 Å². The van der Waals surface area contributed by atoms with Crippen molar-refractivity contribution in [2.75, 3.05) is 26.2 Å². The van der Waals surface area contributed by atoms with E-state index in [1.165, 1.54) is 25.9 Å². The van der Waals surface area contributed by atoms with Crippen LogP contribution in [-0.4, -0.2) is 37.1 Å². The summed E-state index contributed by atoms with van der Waals surface area (Å²) in [7, 11) is 0. The molecule has 0 aromatic carbocycles. The second-order valence-corrected chi connectivity index (χ2v) is 4.94. The van der Waals surface area contributed by atoms with Gasteiger partial charge in [0.2, 0.25) is 0 Å². The summed E-state index contributed by atoms with van der Waals surface area (Å²) in [5.74, 6) is 0.753. The standard InChI is InChI=1S/C13H30N2/c1-6-8-15(9-7-2)13(5)11-14-10-12(3)4/h12-14H,6-11H2,1-5H3. The molecule has 2 heteroatoms. The predicted molar refractivity (Wildman–Crippen MR) is 69.3 cm³/mol. The Balaban J connectivity index is 3.74. The number of hydrogen-bond acceptors (Lipinski definition) is 2. The molecule has 0 amide bonds. The molecule has 0 rings (SSSR count). The van der Waals surface area contributed by atoms with Crippen molar-refractivity contribution in [3.8, 4) is 0 Å². The second kappa shape index (κ2) is 9.17. The lowest BCUT2D eigenvalue weighted by molar-refractivity contribution is 0.203. The molecule has 0 fully saturated rings. The van der Waals surface area contributed by atoms with Gasteiger partial charge in [-0.05, 0) is 45.3 Å². The molecule has 0 bridgehead atoms. The van der Waals surface area contributed by atoms with Crippen molar-refractivity contribution in [3.63, 3.8) is 0 Å². The molecule has 1 N–H and O–H groups in total. The van der Waals surface area contributed by atoms with Crippen LogP contribution in [0.4, 0.5) is 0 Å². The Labute approximate surface area is 96.4 Å². The molecule has 92 valence electrons. The van der Waals surface area contributed by atoms with Crippen LogP contribution in [0.2, 0.25) is 0 Å². The first-order valence-electron chi connectivity index (χ1n) is 6.56. The molecule has 0 aliphatic rings. The van der Waals surface area contributed by atoms with Crippen LogP contribution in [0.1, 0.15) is 47.5 Å². The van der Waals surface area contributed by atoms with Crippen LogP contribution in [0.25, 0.3) is 0 Å². The Morgan fingerprint density at radius 2 is 1.47 bits per heavy atom. The second-order valence-electron chi connectivity index (χ2n) is 4.94. The summed E-state index contributed by atoms with van der Waals surface area (Å²) >= 11 is 0. The molecule has 0 saturated heterocycles. The van der Waals surface area contributed by atoms with E-state index in [1.807, 2.05) is 0 Å². The van der Waals surface area contributed by atoms with E-state index in [4.69, 9.17) is 0 Å². The van der Waals surface area contributed by atoms with Gasteiger partial charge in [0.25, 0.3) is 0 Å². The van der Waals surface area contributed by atoms with Gasteiger partial charge < -0.3 is 5.32 Å². The van der Waals surface area contributed by atoms with Gasteiger partial charge in [-0.25, -0.2) is 0 Å². The number of rotatable bonds is 9. The average Bonchev–Trinajstić information content (AvgIpc) is 2.16. The lowest BCUT2D eigenvalue weighted by Gasteiger charge is -2.28. The first kappa shape index (κ1) is 14.9. The minimum Gasteiger partial charge on any atom is -0.315 e. The van der Waals surface area contributed by atoms with Gasteiger partial charge in [-0.1, -0.05) is 27.7 Å². The molecule has 0 saturated carbocycles. The molecule has 0 aromatic heterocycles. The molecule has 0 aliphatic carbocycles. The average molecular weight is 214 g/mol. The van der Waals surface area contributed by atoms with Gasteiger partial charge in [0, 0.05) is 12.6 Å². The van der Waals surface area contributed by atoms with Crippen molar-refractivity contribution >= 4 is 0 Å². The zero-order valence-electron chi connectivity index (χ0n) is 11.3. The topological polar surface area (TPSA) is 15.3 Å². The van der Waals surface area contributed by atoms with E-state index in [1.54, 1.807) is 0 Å². The highest BCUT2D eigenvalue weighted by Gasteiger charge is 2.11. The van der Waals surface area contributed by atoms with Crippen LogP contribution in [0, 0.1) is 5.92 Å². The SMILES string of the molecule is CCCN(CCC)C(C)CNCC(C)C.